The van der Waals surface area contributed by atoms with Gasteiger partial charge in [-0.05, 0) is 50.2 Å². The topological polar surface area (TPSA) is 43.9 Å². The van der Waals surface area contributed by atoms with E-state index in [4.69, 9.17) is 9.40 Å². The SMILES string of the molecule is Cc1cc2c(nc(-c3cccc4c3oc3cc(F)ccc34)n2-c2ccccc2)c(C)n1. The number of aryl methyl sites for hydroxylation is 2. The van der Waals surface area contributed by atoms with Gasteiger partial charge < -0.3 is 4.42 Å². The third-order valence-corrected chi connectivity index (χ3v) is 5.66. The van der Waals surface area contributed by atoms with Crippen molar-refractivity contribution in [3.63, 3.8) is 0 Å². The molecule has 3 aromatic carbocycles. The quantitative estimate of drug-likeness (QED) is 0.319. The Hall–Kier alpha value is -3.99. The second kappa shape index (κ2) is 6.51. The lowest BCUT2D eigenvalue weighted by atomic mass is 10.1. The molecule has 6 aromatic rings. The predicted molar refractivity (Wildman–Crippen MR) is 121 cm³/mol. The molecule has 0 aliphatic heterocycles. The standard InChI is InChI=1S/C26H18FN3O/c1-15-13-22-24(16(2)28-15)29-26(30(22)18-7-4-3-5-8-18)21-10-6-9-20-19-12-11-17(27)14-23(19)31-25(20)21/h3-14H,1-2H3. The highest BCUT2D eigenvalue weighted by molar-refractivity contribution is 6.09. The van der Waals surface area contributed by atoms with E-state index in [1.807, 2.05) is 50.2 Å². The second-order valence-electron chi connectivity index (χ2n) is 7.75. The molecule has 5 heteroatoms. The number of para-hydroxylation sites is 2. The fraction of sp³-hybridized carbons (Fsp3) is 0.0769. The Kier molecular flexibility index (Phi) is 3.74. The Morgan fingerprint density at radius 3 is 2.52 bits per heavy atom. The third-order valence-electron chi connectivity index (χ3n) is 5.66. The molecule has 0 spiro atoms. The first-order valence-corrected chi connectivity index (χ1v) is 10.1. The summed E-state index contributed by atoms with van der Waals surface area (Å²) in [6, 6.07) is 22.8. The molecule has 6 rings (SSSR count). The van der Waals surface area contributed by atoms with Crippen LogP contribution in [0.1, 0.15) is 11.4 Å². The number of halogens is 1. The summed E-state index contributed by atoms with van der Waals surface area (Å²) in [5, 5.41) is 1.82. The molecule has 0 atom stereocenters. The van der Waals surface area contributed by atoms with Gasteiger partial charge in [-0.2, -0.15) is 0 Å². The first-order chi connectivity index (χ1) is 15.1. The van der Waals surface area contributed by atoms with Crippen LogP contribution in [0.5, 0.6) is 0 Å². The molecule has 0 saturated carbocycles. The van der Waals surface area contributed by atoms with Crippen molar-refractivity contribution < 1.29 is 8.81 Å². The lowest BCUT2D eigenvalue weighted by molar-refractivity contribution is 0.618. The van der Waals surface area contributed by atoms with Crippen molar-refractivity contribution in [2.24, 2.45) is 0 Å². The van der Waals surface area contributed by atoms with Crippen LogP contribution in [0.15, 0.2) is 77.2 Å². The molecule has 0 bridgehead atoms. The van der Waals surface area contributed by atoms with E-state index in [0.717, 1.165) is 50.3 Å². The summed E-state index contributed by atoms with van der Waals surface area (Å²) in [7, 11) is 0. The third kappa shape index (κ3) is 2.66. The number of fused-ring (bicyclic) bond motifs is 4. The molecule has 0 unspecified atom stereocenters. The summed E-state index contributed by atoms with van der Waals surface area (Å²) >= 11 is 0. The van der Waals surface area contributed by atoms with Crippen molar-refractivity contribution in [1.82, 2.24) is 14.5 Å². The summed E-state index contributed by atoms with van der Waals surface area (Å²) in [6.07, 6.45) is 0. The molecule has 0 amide bonds. The van der Waals surface area contributed by atoms with Crippen LogP contribution >= 0.6 is 0 Å². The minimum Gasteiger partial charge on any atom is -0.455 e. The maximum Gasteiger partial charge on any atom is 0.149 e. The second-order valence-corrected chi connectivity index (χ2v) is 7.75. The molecule has 31 heavy (non-hydrogen) atoms. The van der Waals surface area contributed by atoms with Gasteiger partial charge >= 0.3 is 0 Å². The Balaban J connectivity index is 1.75. The first kappa shape index (κ1) is 17.8. The van der Waals surface area contributed by atoms with Gasteiger partial charge in [0, 0.05) is 28.2 Å². The van der Waals surface area contributed by atoms with Gasteiger partial charge in [0.1, 0.15) is 28.3 Å². The lowest BCUT2D eigenvalue weighted by Gasteiger charge is -2.10. The minimum atomic E-state index is -0.318. The van der Waals surface area contributed by atoms with E-state index >= 15 is 0 Å². The van der Waals surface area contributed by atoms with Gasteiger partial charge in [-0.3, -0.25) is 9.55 Å². The number of imidazole rings is 1. The van der Waals surface area contributed by atoms with Crippen LogP contribution < -0.4 is 0 Å². The summed E-state index contributed by atoms with van der Waals surface area (Å²) in [5.41, 5.74) is 6.73. The maximum atomic E-state index is 13.8. The number of hydrogen-bond acceptors (Lipinski definition) is 3. The zero-order chi connectivity index (χ0) is 21.1. The molecule has 0 aliphatic carbocycles. The van der Waals surface area contributed by atoms with Crippen LogP contribution in [0.3, 0.4) is 0 Å². The molecule has 3 aromatic heterocycles. The average molecular weight is 407 g/mol. The van der Waals surface area contributed by atoms with Crippen LogP contribution in [-0.4, -0.2) is 14.5 Å². The highest BCUT2D eigenvalue weighted by Crippen LogP contribution is 2.38. The van der Waals surface area contributed by atoms with Crippen molar-refractivity contribution in [3.05, 3.63) is 90.0 Å². The lowest BCUT2D eigenvalue weighted by Crippen LogP contribution is -1.98. The molecule has 0 N–H and O–H groups in total. The molecule has 150 valence electrons. The van der Waals surface area contributed by atoms with E-state index in [2.05, 4.69) is 27.8 Å². The molecular weight excluding hydrogens is 389 g/mol. The Morgan fingerprint density at radius 1 is 0.839 bits per heavy atom. The van der Waals surface area contributed by atoms with E-state index in [-0.39, 0.29) is 5.82 Å². The summed E-state index contributed by atoms with van der Waals surface area (Å²) in [4.78, 5) is 9.61. The number of hydrogen-bond donors (Lipinski definition) is 0. The zero-order valence-electron chi connectivity index (χ0n) is 17.1. The van der Waals surface area contributed by atoms with Gasteiger partial charge in [-0.25, -0.2) is 9.37 Å². The Bertz CT molecular complexity index is 1610. The molecule has 0 saturated heterocycles. The van der Waals surface area contributed by atoms with E-state index in [1.165, 1.54) is 12.1 Å². The maximum absolute atomic E-state index is 13.8. The van der Waals surface area contributed by atoms with Crippen molar-refractivity contribution >= 4 is 33.0 Å². The van der Waals surface area contributed by atoms with E-state index in [1.54, 1.807) is 6.07 Å². The highest BCUT2D eigenvalue weighted by Gasteiger charge is 2.21. The average Bonchev–Trinajstić information content (AvgIpc) is 3.32. The van der Waals surface area contributed by atoms with Gasteiger partial charge in [0.15, 0.2) is 0 Å². The van der Waals surface area contributed by atoms with Crippen molar-refractivity contribution in [2.45, 2.75) is 13.8 Å². The van der Waals surface area contributed by atoms with Crippen molar-refractivity contribution in [1.29, 1.82) is 0 Å². The molecule has 4 nitrogen and oxygen atoms in total. The first-order valence-electron chi connectivity index (χ1n) is 10.1. The Morgan fingerprint density at radius 2 is 1.68 bits per heavy atom. The van der Waals surface area contributed by atoms with Crippen molar-refractivity contribution in [3.8, 4) is 17.1 Å². The van der Waals surface area contributed by atoms with Crippen LogP contribution in [0.25, 0.3) is 50.0 Å². The number of furan rings is 1. The van der Waals surface area contributed by atoms with Crippen LogP contribution in [-0.2, 0) is 0 Å². The minimum absolute atomic E-state index is 0.318. The number of rotatable bonds is 2. The smallest absolute Gasteiger partial charge is 0.149 e. The predicted octanol–water partition coefficient (Wildman–Crippen LogP) is 6.74. The van der Waals surface area contributed by atoms with Crippen LogP contribution in [0, 0.1) is 19.7 Å². The molecule has 0 radical (unpaired) electrons. The number of nitrogens with zero attached hydrogens (tertiary/aromatic N) is 3. The zero-order valence-corrected chi connectivity index (χ0v) is 17.1. The van der Waals surface area contributed by atoms with Gasteiger partial charge in [0.2, 0.25) is 0 Å². The van der Waals surface area contributed by atoms with Gasteiger partial charge in [-0.15, -0.1) is 0 Å². The number of aromatic nitrogens is 3. The van der Waals surface area contributed by atoms with E-state index in [9.17, 15) is 4.39 Å². The van der Waals surface area contributed by atoms with Crippen LogP contribution in [0.2, 0.25) is 0 Å². The number of pyridine rings is 1. The summed E-state index contributed by atoms with van der Waals surface area (Å²) in [6.45, 7) is 3.97. The fourth-order valence-electron chi connectivity index (χ4n) is 4.35. The molecular formula is C26H18FN3O. The van der Waals surface area contributed by atoms with Crippen molar-refractivity contribution in [2.75, 3.05) is 0 Å². The van der Waals surface area contributed by atoms with E-state index < -0.39 is 0 Å². The molecule has 3 heterocycles. The molecule has 0 aliphatic rings. The van der Waals surface area contributed by atoms with Gasteiger partial charge in [0.25, 0.3) is 0 Å². The van der Waals surface area contributed by atoms with Gasteiger partial charge in [-0.1, -0.05) is 30.3 Å². The Labute approximate surface area is 177 Å². The number of benzene rings is 3. The fourth-order valence-corrected chi connectivity index (χ4v) is 4.35. The van der Waals surface area contributed by atoms with Gasteiger partial charge in [0.05, 0.1) is 16.8 Å². The largest absolute Gasteiger partial charge is 0.455 e. The van der Waals surface area contributed by atoms with Crippen LogP contribution in [0.4, 0.5) is 4.39 Å². The normalized spacial score (nSPS) is 11.7. The molecule has 0 fully saturated rings. The monoisotopic (exact) mass is 407 g/mol. The van der Waals surface area contributed by atoms with E-state index in [0.29, 0.717) is 11.2 Å². The highest BCUT2D eigenvalue weighted by atomic mass is 19.1. The summed E-state index contributed by atoms with van der Waals surface area (Å²) in [5.74, 6) is 0.448. The summed E-state index contributed by atoms with van der Waals surface area (Å²) < 4.78 is 22.1.